The lowest BCUT2D eigenvalue weighted by Crippen LogP contribution is -2.53. The number of carbonyl (C=O) groups is 2. The van der Waals surface area contributed by atoms with E-state index < -0.39 is 6.04 Å². The van der Waals surface area contributed by atoms with Crippen molar-refractivity contribution in [3.05, 3.63) is 95.1 Å². The van der Waals surface area contributed by atoms with Crippen LogP contribution in [0.15, 0.2) is 72.8 Å². The van der Waals surface area contributed by atoms with Crippen LogP contribution in [0.2, 0.25) is 0 Å². The number of rotatable bonds is 11. The zero-order chi connectivity index (χ0) is 26.9. The quantitative estimate of drug-likeness (QED) is 0.373. The predicted octanol–water partition coefficient (Wildman–Crippen LogP) is 5.39. The molecule has 0 radical (unpaired) electrons. The van der Waals surface area contributed by atoms with Crippen molar-refractivity contribution in [2.75, 3.05) is 13.7 Å². The summed E-state index contributed by atoms with van der Waals surface area (Å²) in [6.45, 7) is 4.06. The van der Waals surface area contributed by atoms with Crippen molar-refractivity contribution in [1.29, 1.82) is 0 Å². The minimum absolute atomic E-state index is 0.122. The van der Waals surface area contributed by atoms with Crippen molar-refractivity contribution in [2.24, 2.45) is 0 Å². The summed E-state index contributed by atoms with van der Waals surface area (Å²) in [6.07, 6.45) is 4.60. The monoisotopic (exact) mass is 514 g/mol. The summed E-state index contributed by atoms with van der Waals surface area (Å²) in [6, 6.07) is 22.9. The maximum Gasteiger partial charge on any atom is 0.261 e. The fourth-order valence-electron chi connectivity index (χ4n) is 4.97. The van der Waals surface area contributed by atoms with Crippen LogP contribution in [0.3, 0.4) is 0 Å². The number of methoxy groups -OCH3 is 1. The summed E-state index contributed by atoms with van der Waals surface area (Å²) in [5.74, 6) is 1.02. The zero-order valence-corrected chi connectivity index (χ0v) is 22.6. The van der Waals surface area contributed by atoms with E-state index >= 15 is 0 Å². The molecule has 1 saturated carbocycles. The van der Waals surface area contributed by atoms with Crippen LogP contribution in [-0.2, 0) is 22.6 Å². The molecule has 2 amide bonds. The summed E-state index contributed by atoms with van der Waals surface area (Å²) in [5, 5.41) is 3.23. The van der Waals surface area contributed by atoms with E-state index in [0.717, 1.165) is 47.9 Å². The number of nitrogens with one attached hydrogen (secondary N) is 1. The first kappa shape index (κ1) is 27.2. The fourth-order valence-corrected chi connectivity index (χ4v) is 4.97. The molecule has 1 aliphatic carbocycles. The Morgan fingerprint density at radius 2 is 1.68 bits per heavy atom. The summed E-state index contributed by atoms with van der Waals surface area (Å²) in [7, 11) is 1.62. The Kier molecular flexibility index (Phi) is 9.41. The number of amides is 2. The lowest BCUT2D eigenvalue weighted by molar-refractivity contribution is -0.143. The van der Waals surface area contributed by atoms with Crippen molar-refractivity contribution in [1.82, 2.24) is 10.2 Å². The van der Waals surface area contributed by atoms with Crippen molar-refractivity contribution < 1.29 is 19.1 Å². The normalized spacial score (nSPS) is 14.1. The van der Waals surface area contributed by atoms with Gasteiger partial charge in [-0.2, -0.15) is 0 Å². The van der Waals surface area contributed by atoms with Crippen LogP contribution < -0.4 is 14.8 Å². The Hall–Kier alpha value is -3.80. The molecule has 6 nitrogen and oxygen atoms in total. The third kappa shape index (κ3) is 7.37. The molecule has 1 fully saturated rings. The van der Waals surface area contributed by atoms with E-state index in [4.69, 9.17) is 9.47 Å². The molecular weight excluding hydrogens is 476 g/mol. The molecule has 200 valence electrons. The number of aryl methyl sites for hydroxylation is 2. The SMILES string of the molecule is COc1cccc(CN(C(=O)COc2cc(C)ccc2C)C(Cc2ccccc2)C(=O)NC2CCCC2)c1. The van der Waals surface area contributed by atoms with Gasteiger partial charge in [0.05, 0.1) is 7.11 Å². The summed E-state index contributed by atoms with van der Waals surface area (Å²) >= 11 is 0. The first-order valence-electron chi connectivity index (χ1n) is 13.4. The topological polar surface area (TPSA) is 67.9 Å². The third-order valence-corrected chi connectivity index (χ3v) is 7.15. The smallest absolute Gasteiger partial charge is 0.261 e. The fraction of sp³-hybridized carbons (Fsp3) is 0.375. The second kappa shape index (κ2) is 13.1. The molecule has 0 aromatic heterocycles. The Morgan fingerprint density at radius 1 is 0.947 bits per heavy atom. The summed E-state index contributed by atoms with van der Waals surface area (Å²) in [4.78, 5) is 29.3. The van der Waals surface area contributed by atoms with Gasteiger partial charge in [-0.1, -0.05) is 67.4 Å². The highest BCUT2D eigenvalue weighted by Crippen LogP contribution is 2.23. The van der Waals surface area contributed by atoms with Gasteiger partial charge in [-0.05, 0) is 67.1 Å². The van der Waals surface area contributed by atoms with Gasteiger partial charge in [0.2, 0.25) is 5.91 Å². The molecule has 0 saturated heterocycles. The van der Waals surface area contributed by atoms with E-state index in [-0.39, 0.29) is 31.0 Å². The lowest BCUT2D eigenvalue weighted by Gasteiger charge is -2.32. The zero-order valence-electron chi connectivity index (χ0n) is 22.6. The van der Waals surface area contributed by atoms with Crippen LogP contribution in [0.5, 0.6) is 11.5 Å². The molecule has 1 N–H and O–H groups in total. The van der Waals surface area contributed by atoms with E-state index in [1.807, 2.05) is 86.6 Å². The molecule has 3 aromatic carbocycles. The summed E-state index contributed by atoms with van der Waals surface area (Å²) < 4.78 is 11.4. The highest BCUT2D eigenvalue weighted by atomic mass is 16.5. The molecule has 1 atom stereocenters. The van der Waals surface area contributed by atoms with Crippen molar-refractivity contribution in [3.8, 4) is 11.5 Å². The number of carbonyl (C=O) groups excluding carboxylic acids is 2. The lowest BCUT2D eigenvalue weighted by atomic mass is 10.0. The minimum Gasteiger partial charge on any atom is -0.497 e. The van der Waals surface area contributed by atoms with Crippen LogP contribution in [0.4, 0.5) is 0 Å². The maximum absolute atomic E-state index is 13.8. The molecule has 38 heavy (non-hydrogen) atoms. The van der Waals surface area contributed by atoms with Crippen LogP contribution >= 0.6 is 0 Å². The van der Waals surface area contributed by atoms with Gasteiger partial charge in [0.25, 0.3) is 5.91 Å². The highest BCUT2D eigenvalue weighted by Gasteiger charge is 2.32. The van der Waals surface area contributed by atoms with E-state index in [1.165, 1.54) is 0 Å². The average molecular weight is 515 g/mol. The van der Waals surface area contributed by atoms with Gasteiger partial charge in [-0.25, -0.2) is 0 Å². The van der Waals surface area contributed by atoms with E-state index in [0.29, 0.717) is 17.9 Å². The average Bonchev–Trinajstić information content (AvgIpc) is 3.44. The Morgan fingerprint density at radius 3 is 2.42 bits per heavy atom. The van der Waals surface area contributed by atoms with Gasteiger partial charge >= 0.3 is 0 Å². The maximum atomic E-state index is 13.8. The van der Waals surface area contributed by atoms with E-state index in [9.17, 15) is 9.59 Å². The van der Waals surface area contributed by atoms with Gasteiger partial charge in [0.15, 0.2) is 6.61 Å². The van der Waals surface area contributed by atoms with Gasteiger partial charge < -0.3 is 19.7 Å². The van der Waals surface area contributed by atoms with Crippen LogP contribution in [-0.4, -0.2) is 42.5 Å². The molecule has 1 unspecified atom stereocenters. The first-order valence-corrected chi connectivity index (χ1v) is 13.4. The Labute approximate surface area is 226 Å². The van der Waals surface area contributed by atoms with E-state index in [2.05, 4.69) is 5.32 Å². The van der Waals surface area contributed by atoms with E-state index in [1.54, 1.807) is 12.0 Å². The Bertz CT molecular complexity index is 1220. The van der Waals surface area contributed by atoms with Gasteiger partial charge in [0.1, 0.15) is 17.5 Å². The second-order valence-electron chi connectivity index (χ2n) is 10.1. The van der Waals surface area contributed by atoms with Gasteiger partial charge in [0, 0.05) is 19.0 Å². The predicted molar refractivity (Wildman–Crippen MR) is 149 cm³/mol. The minimum atomic E-state index is -0.682. The van der Waals surface area contributed by atoms with Crippen LogP contribution in [0.1, 0.15) is 47.9 Å². The summed E-state index contributed by atoms with van der Waals surface area (Å²) in [5.41, 5.74) is 3.90. The number of benzene rings is 3. The van der Waals surface area contributed by atoms with Gasteiger partial charge in [-0.3, -0.25) is 9.59 Å². The largest absolute Gasteiger partial charge is 0.497 e. The van der Waals surface area contributed by atoms with Crippen molar-refractivity contribution in [2.45, 2.75) is 64.6 Å². The molecule has 0 heterocycles. The van der Waals surface area contributed by atoms with Crippen LogP contribution in [0, 0.1) is 13.8 Å². The highest BCUT2D eigenvalue weighted by molar-refractivity contribution is 5.88. The number of nitrogens with zero attached hydrogens (tertiary/aromatic N) is 1. The number of ether oxygens (including phenoxy) is 2. The molecule has 0 spiro atoms. The van der Waals surface area contributed by atoms with Crippen molar-refractivity contribution in [3.63, 3.8) is 0 Å². The third-order valence-electron chi connectivity index (χ3n) is 7.15. The first-order chi connectivity index (χ1) is 18.4. The standard InChI is InChI=1S/C32H38N2O4/c1-23-16-17-24(2)30(18-23)38-22-31(35)34(21-26-12-9-15-28(19-26)37-3)29(20-25-10-5-4-6-11-25)32(36)33-27-13-7-8-14-27/h4-6,9-12,15-19,27,29H,7-8,13-14,20-22H2,1-3H3,(H,33,36). The number of hydrogen-bond acceptors (Lipinski definition) is 4. The second-order valence-corrected chi connectivity index (χ2v) is 10.1. The molecule has 6 heteroatoms. The Balaban J connectivity index is 1.63. The molecule has 0 aliphatic heterocycles. The molecular formula is C32H38N2O4. The molecule has 0 bridgehead atoms. The van der Waals surface area contributed by atoms with Crippen molar-refractivity contribution >= 4 is 11.8 Å². The number of hydrogen-bond donors (Lipinski definition) is 1. The molecule has 3 aromatic rings. The molecule has 4 rings (SSSR count). The molecule has 1 aliphatic rings. The van der Waals surface area contributed by atoms with Gasteiger partial charge in [-0.15, -0.1) is 0 Å². The van der Waals surface area contributed by atoms with Crippen LogP contribution in [0.25, 0.3) is 0 Å².